The van der Waals surface area contributed by atoms with E-state index < -0.39 is 8.07 Å². The number of hydrogen-bond donors (Lipinski definition) is 0. The molecule has 7 aromatic carbocycles. The smallest absolute Gasteiger partial charge is 0.191 e. The zero-order valence-electron chi connectivity index (χ0n) is 28.8. The third-order valence-electron chi connectivity index (χ3n) is 10.7. The van der Waals surface area contributed by atoms with Gasteiger partial charge in [0.25, 0.3) is 0 Å². The van der Waals surface area contributed by atoms with E-state index in [1.54, 1.807) is 0 Å². The molecule has 0 fully saturated rings. The highest BCUT2D eigenvalue weighted by atomic mass is 28.3. The molecule has 3 heterocycles. The van der Waals surface area contributed by atoms with Crippen LogP contribution >= 0.6 is 0 Å². The zero-order valence-corrected chi connectivity index (χ0v) is 29.8. The number of benzene rings is 7. The monoisotopic (exact) mass is 692 g/mol. The van der Waals surface area contributed by atoms with Crippen molar-refractivity contribution in [2.75, 3.05) is 0 Å². The van der Waals surface area contributed by atoms with Crippen LogP contribution in [0.1, 0.15) is 0 Å². The fraction of sp³-hybridized carbons (Fsp3) is 0. The molecule has 4 nitrogen and oxygen atoms in total. The van der Waals surface area contributed by atoms with Crippen LogP contribution in [0.2, 0.25) is 0 Å². The molecule has 0 bridgehead atoms. The third kappa shape index (κ3) is 4.63. The Morgan fingerprint density at radius 2 is 0.849 bits per heavy atom. The van der Waals surface area contributed by atoms with Crippen molar-refractivity contribution in [1.29, 1.82) is 0 Å². The third-order valence-corrected chi connectivity index (χ3v) is 15.4. The van der Waals surface area contributed by atoms with Crippen LogP contribution in [0, 0.1) is 6.57 Å². The molecular weight excluding hydrogens is 661 g/mol. The van der Waals surface area contributed by atoms with Crippen molar-refractivity contribution in [2.45, 2.75) is 0 Å². The molecule has 0 atom stereocenters. The number of hydrogen-bond acceptors (Lipinski definition) is 1. The molecule has 0 aliphatic carbocycles. The minimum Gasteiger partial charge on any atom is -0.311 e. The van der Waals surface area contributed by atoms with Crippen LogP contribution in [-0.2, 0) is 0 Å². The molecule has 0 aliphatic rings. The fourth-order valence-corrected chi connectivity index (χ4v) is 13.1. The van der Waals surface area contributed by atoms with Crippen LogP contribution in [0.4, 0.5) is 5.69 Å². The summed E-state index contributed by atoms with van der Waals surface area (Å²) in [5.74, 6) is 0. The molecule has 248 valence electrons. The maximum absolute atomic E-state index is 8.70. The molecule has 0 saturated heterocycles. The van der Waals surface area contributed by atoms with Gasteiger partial charge < -0.3 is 9.13 Å². The molecule has 3 aromatic heterocycles. The number of nitrogens with zero attached hydrogens (tertiary/aromatic N) is 4. The highest BCUT2D eigenvalue weighted by molar-refractivity contribution is 7.20. The second-order valence-electron chi connectivity index (χ2n) is 13.4. The van der Waals surface area contributed by atoms with E-state index in [-0.39, 0.29) is 0 Å². The first-order valence-electron chi connectivity index (χ1n) is 17.8. The number of pyridine rings is 1. The molecule has 0 amide bonds. The minimum absolute atomic E-state index is 0.636. The van der Waals surface area contributed by atoms with E-state index in [4.69, 9.17) is 11.6 Å². The Labute approximate surface area is 308 Å². The van der Waals surface area contributed by atoms with E-state index in [0.717, 1.165) is 43.9 Å². The molecule has 10 rings (SSSR count). The molecule has 0 N–H and O–H groups in total. The molecule has 53 heavy (non-hydrogen) atoms. The average Bonchev–Trinajstić information content (AvgIpc) is 3.75. The lowest BCUT2D eigenvalue weighted by molar-refractivity contribution is 1.15. The molecule has 0 aliphatic heterocycles. The van der Waals surface area contributed by atoms with E-state index in [2.05, 4.69) is 202 Å². The van der Waals surface area contributed by atoms with Crippen LogP contribution in [0.5, 0.6) is 0 Å². The van der Waals surface area contributed by atoms with Crippen molar-refractivity contribution >= 4 is 78.3 Å². The lowest BCUT2D eigenvalue weighted by Crippen LogP contribution is -2.75. The Morgan fingerprint density at radius 1 is 0.434 bits per heavy atom. The largest absolute Gasteiger partial charge is 0.311 e. The highest BCUT2D eigenvalue weighted by Crippen LogP contribution is 2.34. The van der Waals surface area contributed by atoms with Crippen LogP contribution in [0.3, 0.4) is 0 Å². The predicted octanol–water partition coefficient (Wildman–Crippen LogP) is 9.20. The molecule has 10 aromatic rings. The van der Waals surface area contributed by atoms with Crippen LogP contribution < -0.4 is 20.9 Å². The predicted molar refractivity (Wildman–Crippen MR) is 223 cm³/mol. The lowest BCUT2D eigenvalue weighted by Gasteiger charge is -2.34. The minimum atomic E-state index is -3.14. The normalized spacial score (nSPS) is 11.8. The lowest BCUT2D eigenvalue weighted by atomic mass is 10.2. The summed E-state index contributed by atoms with van der Waals surface area (Å²) in [5, 5.41) is 9.18. The summed E-state index contributed by atoms with van der Waals surface area (Å²) in [5.41, 5.74) is 7.14. The zero-order chi connectivity index (χ0) is 35.4. The van der Waals surface area contributed by atoms with Gasteiger partial charge in [-0.2, -0.15) is 0 Å². The summed E-state index contributed by atoms with van der Waals surface area (Å²) >= 11 is 0. The Balaban J connectivity index is 1.23. The van der Waals surface area contributed by atoms with Gasteiger partial charge in [0, 0.05) is 32.5 Å². The summed E-state index contributed by atoms with van der Waals surface area (Å²) in [6, 6.07) is 66.5. The van der Waals surface area contributed by atoms with E-state index >= 15 is 0 Å². The second kappa shape index (κ2) is 12.3. The van der Waals surface area contributed by atoms with Gasteiger partial charge in [-0.25, -0.2) is 4.85 Å². The molecule has 0 spiro atoms. The van der Waals surface area contributed by atoms with Crippen molar-refractivity contribution in [3.8, 4) is 11.4 Å². The van der Waals surface area contributed by atoms with E-state index in [1.807, 2.05) is 6.20 Å². The quantitative estimate of drug-likeness (QED) is 0.0970. The van der Waals surface area contributed by atoms with Crippen molar-refractivity contribution in [3.63, 3.8) is 0 Å². The van der Waals surface area contributed by atoms with E-state index in [9.17, 15) is 0 Å². The summed E-state index contributed by atoms with van der Waals surface area (Å²) in [6.07, 6.45) is 2.02. The van der Waals surface area contributed by atoms with Gasteiger partial charge in [0.05, 0.1) is 40.5 Å². The second-order valence-corrected chi connectivity index (χ2v) is 17.1. The van der Waals surface area contributed by atoms with Gasteiger partial charge in [-0.15, -0.1) is 0 Å². The first-order valence-corrected chi connectivity index (χ1v) is 19.8. The molecule has 0 saturated carbocycles. The van der Waals surface area contributed by atoms with Gasteiger partial charge in [-0.05, 0) is 64.1 Å². The van der Waals surface area contributed by atoms with Gasteiger partial charge in [0.1, 0.15) is 0 Å². The fourth-order valence-electron chi connectivity index (χ4n) is 8.50. The summed E-state index contributed by atoms with van der Waals surface area (Å²) in [7, 11) is -3.14. The standard InChI is InChI=1S/C48H32N4Si/c1-49-42-32-34(51-43-24-12-8-20-38(43)39-21-9-13-25-44(39)51)28-30-47(42)53(36-16-4-2-5-17-36,37-18-6-3-7-19-37)48-31-29-35(33-50-48)52-45-26-14-10-22-40(45)41-23-11-15-27-46(41)52/h2-33H. The van der Waals surface area contributed by atoms with E-state index in [0.29, 0.717) is 5.69 Å². The van der Waals surface area contributed by atoms with Gasteiger partial charge >= 0.3 is 0 Å². The number of rotatable bonds is 6. The van der Waals surface area contributed by atoms with Gasteiger partial charge in [-0.3, -0.25) is 4.98 Å². The van der Waals surface area contributed by atoms with Gasteiger partial charge in [0.15, 0.2) is 13.8 Å². The topological polar surface area (TPSA) is 27.1 Å². The van der Waals surface area contributed by atoms with Crippen molar-refractivity contribution < 1.29 is 0 Å². The highest BCUT2D eigenvalue weighted by Gasteiger charge is 2.44. The Morgan fingerprint density at radius 3 is 1.28 bits per heavy atom. The Kier molecular flexibility index (Phi) is 7.17. The summed E-state index contributed by atoms with van der Waals surface area (Å²) in [4.78, 5) is 9.72. The number of fused-ring (bicyclic) bond motifs is 6. The van der Waals surface area contributed by atoms with Crippen LogP contribution in [0.15, 0.2) is 194 Å². The average molecular weight is 693 g/mol. The van der Waals surface area contributed by atoms with Crippen LogP contribution in [0.25, 0.3) is 59.8 Å². The van der Waals surface area contributed by atoms with Crippen molar-refractivity contribution in [1.82, 2.24) is 14.1 Å². The Hall–Kier alpha value is -7.00. The maximum Gasteiger partial charge on any atom is 0.191 e. The molecule has 0 radical (unpaired) electrons. The molecule has 5 heteroatoms. The first-order chi connectivity index (χ1) is 26.3. The first kappa shape index (κ1) is 30.8. The van der Waals surface area contributed by atoms with Crippen molar-refractivity contribution in [2.24, 2.45) is 0 Å². The van der Waals surface area contributed by atoms with Crippen molar-refractivity contribution in [3.05, 3.63) is 206 Å². The SMILES string of the molecule is [C-]#[N+]c1cc(-n2c3ccccc3c3ccccc32)ccc1[Si](c1ccccc1)(c1ccccc1)c1ccc(-n2c3ccccc3c3ccccc32)cn1. The van der Waals surface area contributed by atoms with E-state index in [1.165, 1.54) is 31.9 Å². The number of para-hydroxylation sites is 4. The van der Waals surface area contributed by atoms with Gasteiger partial charge in [0.2, 0.25) is 0 Å². The van der Waals surface area contributed by atoms with Crippen LogP contribution in [-0.4, -0.2) is 22.2 Å². The summed E-state index contributed by atoms with van der Waals surface area (Å²) in [6.45, 7) is 8.70. The summed E-state index contributed by atoms with van der Waals surface area (Å²) < 4.78 is 4.59. The van der Waals surface area contributed by atoms with Gasteiger partial charge in [-0.1, -0.05) is 140 Å². The Bertz CT molecular complexity index is 2860. The molecular formula is C48H32N4Si. The molecule has 0 unspecified atom stereocenters. The number of aromatic nitrogens is 3. The maximum atomic E-state index is 8.70.